The van der Waals surface area contributed by atoms with Crippen molar-refractivity contribution in [3.63, 3.8) is 0 Å². The Kier molecular flexibility index (Phi) is 8.07. The van der Waals surface area contributed by atoms with E-state index in [9.17, 15) is 18.5 Å². The molecule has 2 heterocycles. The number of carbonyl (C=O) groups excluding carboxylic acids is 1. The van der Waals surface area contributed by atoms with Gasteiger partial charge in [0.15, 0.2) is 0 Å². The van der Waals surface area contributed by atoms with Gasteiger partial charge in [-0.1, -0.05) is 36.8 Å². The van der Waals surface area contributed by atoms with Gasteiger partial charge >= 0.3 is 0 Å². The average Bonchev–Trinajstić information content (AvgIpc) is 3.65. The predicted molar refractivity (Wildman–Crippen MR) is 139 cm³/mol. The molecule has 0 saturated heterocycles. The molecule has 1 fully saturated rings. The summed E-state index contributed by atoms with van der Waals surface area (Å²) in [5.41, 5.74) is 4.25. The quantitative estimate of drug-likeness (QED) is 0.363. The normalized spacial score (nSPS) is 14.3. The van der Waals surface area contributed by atoms with Crippen LogP contribution >= 0.6 is 0 Å². The Morgan fingerprint density at radius 3 is 2.61 bits per heavy atom. The maximum atomic E-state index is 12.9. The summed E-state index contributed by atoms with van der Waals surface area (Å²) in [6.45, 7) is 4.42. The van der Waals surface area contributed by atoms with E-state index >= 15 is 0 Å². The molecule has 0 bridgehead atoms. The first-order valence-electron chi connectivity index (χ1n) is 12.4. The monoisotopic (exact) mass is 508 g/mol. The smallest absolute Gasteiger partial charge is 0.255 e. The predicted octanol–water partition coefficient (Wildman–Crippen LogP) is 4.70. The minimum absolute atomic E-state index is 0.0701. The molecule has 1 unspecified atom stereocenters. The van der Waals surface area contributed by atoms with E-state index in [1.54, 1.807) is 7.05 Å². The lowest BCUT2D eigenvalue weighted by Gasteiger charge is -2.17. The van der Waals surface area contributed by atoms with Crippen molar-refractivity contribution in [1.82, 2.24) is 14.6 Å². The number of fused-ring (bicyclic) bond motifs is 1. The molecule has 1 aliphatic carbocycles. The van der Waals surface area contributed by atoms with Gasteiger partial charge in [-0.3, -0.25) is 4.79 Å². The molecule has 0 radical (unpaired) electrons. The summed E-state index contributed by atoms with van der Waals surface area (Å²) >= 11 is 0. The van der Waals surface area contributed by atoms with E-state index in [0.717, 1.165) is 36.0 Å². The Hall–Kier alpha value is -3.22. The van der Waals surface area contributed by atoms with Crippen molar-refractivity contribution in [3.8, 4) is 17.4 Å². The maximum absolute atomic E-state index is 12.9. The van der Waals surface area contributed by atoms with E-state index in [1.165, 1.54) is 4.31 Å². The zero-order valence-corrected chi connectivity index (χ0v) is 21.8. The Bertz CT molecular complexity index is 1360. The number of aromatic nitrogens is 1. The molecule has 1 saturated carbocycles. The first kappa shape index (κ1) is 25.9. The number of benzene rings is 1. The Morgan fingerprint density at radius 2 is 2.03 bits per heavy atom. The number of pyridine rings is 1. The molecule has 190 valence electrons. The Morgan fingerprint density at radius 1 is 1.31 bits per heavy atom. The van der Waals surface area contributed by atoms with E-state index in [4.69, 9.17) is 9.40 Å². The van der Waals surface area contributed by atoms with Crippen molar-refractivity contribution >= 4 is 27.9 Å². The van der Waals surface area contributed by atoms with Crippen molar-refractivity contribution in [2.24, 2.45) is 5.92 Å². The van der Waals surface area contributed by atoms with E-state index in [-0.39, 0.29) is 18.4 Å². The van der Waals surface area contributed by atoms with E-state index in [2.05, 4.69) is 11.4 Å². The summed E-state index contributed by atoms with van der Waals surface area (Å²) in [7, 11) is -1.23. The summed E-state index contributed by atoms with van der Waals surface area (Å²) < 4.78 is 31.7. The molecule has 2 aromatic heterocycles. The molecule has 1 aliphatic rings. The highest BCUT2D eigenvalue weighted by Gasteiger charge is 2.31. The number of aryl methyl sites for hydroxylation is 1. The topological polar surface area (TPSA) is 116 Å². The zero-order chi connectivity index (χ0) is 25.8. The number of rotatable bonds is 11. The first-order chi connectivity index (χ1) is 17.4. The summed E-state index contributed by atoms with van der Waals surface area (Å²) in [5, 5.41) is 12.5. The average molecular weight is 509 g/mol. The molecule has 1 N–H and O–H groups in total. The standard InChI is InChI=1S/C27H32N4O4S/c1-4-18(15-28)6-5-13-31(36(33)34)16-23-21(19-11-12-19)14-22-24(26(32)29-3)25(35-27(22)30-23)20-9-7-17(2)8-10-20/h7-10,14,18-19,36H,4-6,11-13,16H2,1-3H3,(H,29,32). The van der Waals surface area contributed by atoms with Crippen LogP contribution in [0.3, 0.4) is 0 Å². The van der Waals surface area contributed by atoms with Gasteiger partial charge in [0, 0.05) is 25.1 Å². The van der Waals surface area contributed by atoms with Crippen LogP contribution in [0.4, 0.5) is 0 Å². The Labute approximate surface area is 213 Å². The second-order valence-corrected chi connectivity index (χ2v) is 10.4. The number of nitrogens with zero attached hydrogens (tertiary/aromatic N) is 3. The third-order valence-corrected chi connectivity index (χ3v) is 7.59. The van der Waals surface area contributed by atoms with Crippen molar-refractivity contribution in [1.29, 1.82) is 5.26 Å². The highest BCUT2D eigenvalue weighted by atomic mass is 32.2. The van der Waals surface area contributed by atoms with Gasteiger partial charge in [-0.15, -0.1) is 0 Å². The number of hydrogen-bond donors (Lipinski definition) is 2. The molecule has 4 rings (SSSR count). The van der Waals surface area contributed by atoms with Gasteiger partial charge in [0.1, 0.15) is 5.76 Å². The fourth-order valence-corrected chi connectivity index (χ4v) is 5.03. The summed E-state index contributed by atoms with van der Waals surface area (Å²) in [4.78, 5) is 17.7. The fourth-order valence-electron chi connectivity index (χ4n) is 4.48. The van der Waals surface area contributed by atoms with Crippen LogP contribution in [-0.4, -0.2) is 37.2 Å². The molecule has 36 heavy (non-hydrogen) atoms. The summed E-state index contributed by atoms with van der Waals surface area (Å²) in [6, 6.07) is 12.0. The number of hydrogen-bond acceptors (Lipinski definition) is 6. The van der Waals surface area contributed by atoms with Gasteiger partial charge in [0.2, 0.25) is 16.6 Å². The van der Waals surface area contributed by atoms with E-state index in [1.807, 2.05) is 44.2 Å². The lowest BCUT2D eigenvalue weighted by atomic mass is 10.0. The van der Waals surface area contributed by atoms with Crippen LogP contribution in [0.1, 0.15) is 72.1 Å². The zero-order valence-electron chi connectivity index (χ0n) is 20.9. The van der Waals surface area contributed by atoms with Crippen molar-refractivity contribution in [2.45, 2.75) is 58.4 Å². The van der Waals surface area contributed by atoms with Gasteiger partial charge in [-0.05, 0) is 56.6 Å². The fraction of sp³-hybridized carbons (Fsp3) is 0.444. The van der Waals surface area contributed by atoms with Crippen LogP contribution < -0.4 is 5.32 Å². The minimum atomic E-state index is -2.82. The molecule has 1 aromatic carbocycles. The second-order valence-electron chi connectivity index (χ2n) is 9.41. The maximum Gasteiger partial charge on any atom is 0.255 e. The molecule has 1 atom stereocenters. The van der Waals surface area contributed by atoms with Gasteiger partial charge < -0.3 is 9.73 Å². The largest absolute Gasteiger partial charge is 0.437 e. The number of nitriles is 1. The number of thiol groups is 1. The van der Waals surface area contributed by atoms with Gasteiger partial charge in [-0.25, -0.2) is 13.4 Å². The van der Waals surface area contributed by atoms with Crippen LogP contribution in [0, 0.1) is 24.2 Å². The van der Waals surface area contributed by atoms with Gasteiger partial charge in [-0.2, -0.15) is 9.57 Å². The number of nitrogens with one attached hydrogen (secondary N) is 1. The number of amides is 1. The SMILES string of the molecule is CCC(C#N)CCCN(Cc1nc2oc(-c3ccc(C)cc3)c(C(=O)NC)c2cc1C1CC1)[SH](=O)=O. The van der Waals surface area contributed by atoms with Crippen LogP contribution in [0.15, 0.2) is 34.7 Å². The summed E-state index contributed by atoms with van der Waals surface area (Å²) in [6.07, 6.45) is 4.02. The van der Waals surface area contributed by atoms with Crippen LogP contribution in [-0.2, 0) is 17.4 Å². The third kappa shape index (κ3) is 5.61. The van der Waals surface area contributed by atoms with Crippen molar-refractivity contribution in [2.75, 3.05) is 13.6 Å². The highest BCUT2D eigenvalue weighted by molar-refractivity contribution is 7.69. The number of furan rings is 1. The molecular weight excluding hydrogens is 476 g/mol. The molecule has 0 spiro atoms. The summed E-state index contributed by atoms with van der Waals surface area (Å²) in [5.74, 6) is 0.415. The molecular formula is C27H32N4O4S. The lowest BCUT2D eigenvalue weighted by molar-refractivity contribution is 0.0964. The molecule has 3 aromatic rings. The molecule has 9 heteroatoms. The van der Waals surface area contributed by atoms with Crippen molar-refractivity contribution < 1.29 is 17.6 Å². The van der Waals surface area contributed by atoms with E-state index < -0.39 is 10.9 Å². The number of carbonyl (C=O) groups is 1. The van der Waals surface area contributed by atoms with Crippen molar-refractivity contribution in [3.05, 3.63) is 52.7 Å². The van der Waals surface area contributed by atoms with E-state index in [0.29, 0.717) is 53.4 Å². The Balaban J connectivity index is 1.73. The minimum Gasteiger partial charge on any atom is -0.437 e. The molecule has 0 aliphatic heterocycles. The van der Waals surface area contributed by atoms with Crippen LogP contribution in [0.2, 0.25) is 0 Å². The molecule has 8 nitrogen and oxygen atoms in total. The third-order valence-electron chi connectivity index (χ3n) is 6.79. The van der Waals surface area contributed by atoms with Crippen LogP contribution in [0.5, 0.6) is 0 Å². The second kappa shape index (κ2) is 11.2. The lowest BCUT2D eigenvalue weighted by Crippen LogP contribution is -2.24. The molecule has 1 amide bonds. The first-order valence-corrected chi connectivity index (χ1v) is 13.5. The van der Waals surface area contributed by atoms with Crippen LogP contribution in [0.25, 0.3) is 22.4 Å². The van der Waals surface area contributed by atoms with Gasteiger partial charge in [0.25, 0.3) is 5.91 Å². The highest BCUT2D eigenvalue weighted by Crippen LogP contribution is 2.44. The van der Waals surface area contributed by atoms with Gasteiger partial charge in [0.05, 0.1) is 29.3 Å².